The van der Waals surface area contributed by atoms with E-state index in [9.17, 15) is 0 Å². The van der Waals surface area contributed by atoms with E-state index in [1.807, 2.05) is 6.07 Å². The van der Waals surface area contributed by atoms with Gasteiger partial charge in [-0.2, -0.15) is 0 Å². The van der Waals surface area contributed by atoms with Gasteiger partial charge in [0.15, 0.2) is 5.96 Å². The number of rotatable bonds is 8. The van der Waals surface area contributed by atoms with Crippen LogP contribution < -0.4 is 10.6 Å². The first-order chi connectivity index (χ1) is 10.7. The Morgan fingerprint density at radius 3 is 2.59 bits per heavy atom. The monoisotopic (exact) mass is 302 g/mol. The van der Waals surface area contributed by atoms with Gasteiger partial charge in [-0.3, -0.25) is 9.89 Å². The van der Waals surface area contributed by atoms with Crippen LogP contribution in [0.5, 0.6) is 0 Å². The van der Waals surface area contributed by atoms with Gasteiger partial charge in [0.05, 0.1) is 12.6 Å². The third-order valence-corrected chi connectivity index (χ3v) is 4.12. The summed E-state index contributed by atoms with van der Waals surface area (Å²) in [4.78, 5) is 7.27. The number of nitrogens with one attached hydrogen (secondary N) is 2. The molecule has 22 heavy (non-hydrogen) atoms. The fourth-order valence-corrected chi connectivity index (χ4v) is 2.68. The van der Waals surface area contributed by atoms with E-state index >= 15 is 0 Å². The molecule has 2 N–H and O–H groups in total. The molecule has 1 aromatic carbocycles. The second-order valence-corrected chi connectivity index (χ2v) is 5.90. The molecule has 122 valence electrons. The Balaban J connectivity index is 1.86. The zero-order valence-electron chi connectivity index (χ0n) is 14.2. The van der Waals surface area contributed by atoms with Crippen molar-refractivity contribution in [1.82, 2.24) is 15.5 Å². The molecule has 1 fully saturated rings. The highest BCUT2D eigenvalue weighted by atomic mass is 15.2. The highest BCUT2D eigenvalue weighted by molar-refractivity contribution is 5.80. The van der Waals surface area contributed by atoms with Crippen LogP contribution in [0.4, 0.5) is 0 Å². The fourth-order valence-electron chi connectivity index (χ4n) is 2.68. The van der Waals surface area contributed by atoms with Gasteiger partial charge >= 0.3 is 0 Å². The van der Waals surface area contributed by atoms with Crippen molar-refractivity contribution in [3.8, 4) is 0 Å². The van der Waals surface area contributed by atoms with Gasteiger partial charge in [0, 0.05) is 19.1 Å². The first-order valence-electron chi connectivity index (χ1n) is 8.58. The number of guanidine groups is 1. The first-order valence-corrected chi connectivity index (χ1v) is 8.58. The predicted molar refractivity (Wildman–Crippen MR) is 94.2 cm³/mol. The van der Waals surface area contributed by atoms with Gasteiger partial charge in [0.2, 0.25) is 0 Å². The molecule has 0 amide bonds. The number of benzene rings is 1. The van der Waals surface area contributed by atoms with Crippen molar-refractivity contribution in [2.75, 3.05) is 26.2 Å². The Morgan fingerprint density at radius 2 is 2.00 bits per heavy atom. The zero-order chi connectivity index (χ0) is 15.8. The molecule has 1 aliphatic carbocycles. The van der Waals surface area contributed by atoms with E-state index < -0.39 is 0 Å². The molecule has 0 radical (unpaired) electrons. The molecule has 0 bridgehead atoms. The zero-order valence-corrected chi connectivity index (χ0v) is 14.2. The first kappa shape index (κ1) is 16.8. The van der Waals surface area contributed by atoms with Gasteiger partial charge in [0.1, 0.15) is 0 Å². The minimum Gasteiger partial charge on any atom is -0.357 e. The molecule has 0 saturated heterocycles. The summed E-state index contributed by atoms with van der Waals surface area (Å²) < 4.78 is 0. The maximum absolute atomic E-state index is 4.73. The van der Waals surface area contributed by atoms with E-state index in [2.05, 4.69) is 60.6 Å². The minimum absolute atomic E-state index is 0.254. The fraction of sp³-hybridized carbons (Fsp3) is 0.611. The maximum Gasteiger partial charge on any atom is 0.191 e. The summed E-state index contributed by atoms with van der Waals surface area (Å²) in [5.74, 6) is 0.908. The molecule has 1 saturated carbocycles. The lowest BCUT2D eigenvalue weighted by molar-refractivity contribution is 0.286. The van der Waals surface area contributed by atoms with Crippen molar-refractivity contribution in [2.24, 2.45) is 4.99 Å². The molecule has 0 aliphatic heterocycles. The Morgan fingerprint density at radius 1 is 1.27 bits per heavy atom. The van der Waals surface area contributed by atoms with E-state index in [1.54, 1.807) is 0 Å². The second kappa shape index (κ2) is 8.79. The third-order valence-electron chi connectivity index (χ3n) is 4.12. The number of aliphatic imine (C=N–C) groups is 1. The van der Waals surface area contributed by atoms with E-state index in [0.717, 1.165) is 38.2 Å². The molecular formula is C18H30N4. The summed E-state index contributed by atoms with van der Waals surface area (Å²) in [6.07, 6.45) is 2.72. The van der Waals surface area contributed by atoms with Crippen molar-refractivity contribution >= 4 is 5.96 Å². The lowest BCUT2D eigenvalue weighted by Gasteiger charge is -2.20. The van der Waals surface area contributed by atoms with Crippen LogP contribution in [-0.2, 0) is 0 Å². The molecule has 1 unspecified atom stereocenters. The summed E-state index contributed by atoms with van der Waals surface area (Å²) in [6, 6.07) is 11.6. The number of hydrogen-bond donors (Lipinski definition) is 2. The van der Waals surface area contributed by atoms with Gasteiger partial charge in [-0.25, -0.2) is 0 Å². The molecule has 0 aromatic heterocycles. The summed E-state index contributed by atoms with van der Waals surface area (Å²) in [5.41, 5.74) is 1.28. The van der Waals surface area contributed by atoms with Crippen LogP contribution in [0.3, 0.4) is 0 Å². The lowest BCUT2D eigenvalue weighted by Crippen LogP contribution is -2.39. The summed E-state index contributed by atoms with van der Waals surface area (Å²) in [6.45, 7) is 10.4. The minimum atomic E-state index is 0.254. The lowest BCUT2D eigenvalue weighted by atomic mass is 10.1. The molecule has 1 atom stereocenters. The number of hydrogen-bond acceptors (Lipinski definition) is 2. The van der Waals surface area contributed by atoms with Crippen LogP contribution in [-0.4, -0.2) is 43.1 Å². The number of likely N-dealkylation sites (N-methyl/N-ethyl adjacent to an activating group) is 1. The second-order valence-electron chi connectivity index (χ2n) is 5.90. The van der Waals surface area contributed by atoms with Gasteiger partial charge in [-0.05, 0) is 38.8 Å². The Kier molecular flexibility index (Phi) is 6.72. The molecule has 0 heterocycles. The Hall–Kier alpha value is -1.55. The standard InChI is InChI=1S/C18H30N4/c1-4-19-18(20-13-14-22(5-2)17-11-12-17)21-15(3)16-9-7-6-8-10-16/h6-10,15,17H,4-5,11-14H2,1-3H3,(H2,19,20,21). The van der Waals surface area contributed by atoms with Crippen LogP contribution in [0.2, 0.25) is 0 Å². The molecule has 0 spiro atoms. The number of nitrogens with zero attached hydrogens (tertiary/aromatic N) is 2. The van der Waals surface area contributed by atoms with Gasteiger partial charge in [0.25, 0.3) is 0 Å². The van der Waals surface area contributed by atoms with Gasteiger partial charge in [-0.15, -0.1) is 0 Å². The maximum atomic E-state index is 4.73. The average Bonchev–Trinajstić information content (AvgIpc) is 3.37. The summed E-state index contributed by atoms with van der Waals surface area (Å²) in [5, 5.41) is 6.83. The molecular weight excluding hydrogens is 272 g/mol. The van der Waals surface area contributed by atoms with Crippen LogP contribution in [0.1, 0.15) is 45.2 Å². The topological polar surface area (TPSA) is 39.7 Å². The van der Waals surface area contributed by atoms with Crippen molar-refractivity contribution in [1.29, 1.82) is 0 Å². The summed E-state index contributed by atoms with van der Waals surface area (Å²) >= 11 is 0. The van der Waals surface area contributed by atoms with Crippen LogP contribution in [0, 0.1) is 0 Å². The van der Waals surface area contributed by atoms with E-state index in [4.69, 9.17) is 4.99 Å². The van der Waals surface area contributed by atoms with Gasteiger partial charge < -0.3 is 10.6 Å². The summed E-state index contributed by atoms with van der Waals surface area (Å²) in [7, 11) is 0. The van der Waals surface area contributed by atoms with Crippen molar-refractivity contribution in [3.63, 3.8) is 0 Å². The molecule has 1 aliphatic rings. The average molecular weight is 302 g/mol. The van der Waals surface area contributed by atoms with Crippen LogP contribution in [0.25, 0.3) is 0 Å². The molecule has 2 rings (SSSR count). The normalized spacial score (nSPS) is 16.6. The third kappa shape index (κ3) is 5.34. The predicted octanol–water partition coefficient (Wildman–Crippen LogP) is 2.79. The molecule has 4 nitrogen and oxygen atoms in total. The largest absolute Gasteiger partial charge is 0.357 e. The Bertz CT molecular complexity index is 453. The molecule has 1 aromatic rings. The van der Waals surface area contributed by atoms with Gasteiger partial charge in [-0.1, -0.05) is 37.3 Å². The van der Waals surface area contributed by atoms with Crippen molar-refractivity contribution < 1.29 is 0 Å². The van der Waals surface area contributed by atoms with E-state index in [0.29, 0.717) is 0 Å². The van der Waals surface area contributed by atoms with E-state index in [1.165, 1.54) is 18.4 Å². The van der Waals surface area contributed by atoms with Crippen LogP contribution >= 0.6 is 0 Å². The smallest absolute Gasteiger partial charge is 0.191 e. The van der Waals surface area contributed by atoms with Crippen LogP contribution in [0.15, 0.2) is 35.3 Å². The van der Waals surface area contributed by atoms with Crippen molar-refractivity contribution in [2.45, 2.75) is 45.7 Å². The molecule has 4 heteroatoms. The quantitative estimate of drug-likeness (QED) is 0.573. The SMILES string of the molecule is CCNC(=NCCN(CC)C1CC1)NC(C)c1ccccc1. The highest BCUT2D eigenvalue weighted by Gasteiger charge is 2.27. The Labute approximate surface area is 135 Å². The van der Waals surface area contributed by atoms with Crippen molar-refractivity contribution in [3.05, 3.63) is 35.9 Å². The van der Waals surface area contributed by atoms with E-state index in [-0.39, 0.29) is 6.04 Å². The highest BCUT2D eigenvalue weighted by Crippen LogP contribution is 2.25.